The second-order valence-electron chi connectivity index (χ2n) is 3.86. The second kappa shape index (κ2) is 5.89. The van der Waals surface area contributed by atoms with E-state index in [-0.39, 0.29) is 10.6 Å². The van der Waals surface area contributed by atoms with Gasteiger partial charge in [-0.15, -0.1) is 0 Å². The van der Waals surface area contributed by atoms with Crippen molar-refractivity contribution in [1.29, 1.82) is 0 Å². The Bertz CT molecular complexity index is 665. The third-order valence-corrected chi connectivity index (χ3v) is 6.78. The van der Waals surface area contributed by atoms with Crippen molar-refractivity contribution in [3.8, 4) is 5.75 Å². The van der Waals surface area contributed by atoms with Crippen LogP contribution in [-0.2, 0) is 12.6 Å². The summed E-state index contributed by atoms with van der Waals surface area (Å²) in [5, 5.41) is 9.57. The number of phenols is 1. The quantitative estimate of drug-likeness (QED) is 0.699. The summed E-state index contributed by atoms with van der Waals surface area (Å²) in [4.78, 5) is 0.133. The van der Waals surface area contributed by atoms with E-state index in [0.717, 1.165) is 5.56 Å². The fraction of sp³-hybridized carbons (Fsp3) is 0.0769. The van der Waals surface area contributed by atoms with Gasteiger partial charge in [-0.1, -0.05) is 0 Å². The van der Waals surface area contributed by atoms with Crippen molar-refractivity contribution in [2.24, 2.45) is 0 Å². The van der Waals surface area contributed by atoms with Crippen molar-refractivity contribution in [3.63, 3.8) is 0 Å². The number of halogens is 1. The molecule has 2 aromatic rings. The first-order valence-electron chi connectivity index (χ1n) is 5.42. The summed E-state index contributed by atoms with van der Waals surface area (Å²) in [6, 6.07) is 13.0. The molecule has 0 aromatic heterocycles. The molecule has 0 aliphatic rings. The Kier molecular flexibility index (Phi) is 4.43. The molecule has 0 radical (unpaired) electrons. The Morgan fingerprint density at radius 1 is 1.05 bits per heavy atom. The predicted molar refractivity (Wildman–Crippen MR) is 66.3 cm³/mol. The molecule has 0 heterocycles. The van der Waals surface area contributed by atoms with Crippen molar-refractivity contribution in [2.45, 2.75) is 11.8 Å². The van der Waals surface area contributed by atoms with Gasteiger partial charge in [0.05, 0.1) is 0 Å². The minimum atomic E-state index is -3.75. The number of rotatable bonds is 4. The molecule has 0 amide bonds. The Morgan fingerprint density at radius 2 is 1.68 bits per heavy atom. The predicted octanol–water partition coefficient (Wildman–Crippen LogP) is -0.720. The summed E-state index contributed by atoms with van der Waals surface area (Å²) in [6.45, 7) is 1.88. The molecule has 2 aromatic carbocycles. The number of hydrogen-bond acceptors (Lipinski definition) is 4. The molecule has 0 aliphatic heterocycles. The summed E-state index contributed by atoms with van der Waals surface area (Å²) in [5.74, 6) is 0.0643. The van der Waals surface area contributed by atoms with E-state index in [2.05, 4.69) is 0 Å². The molecule has 0 atom stereocenters. The molecule has 102 valence electrons. The van der Waals surface area contributed by atoms with Gasteiger partial charge in [0.1, 0.15) is 0 Å². The van der Waals surface area contributed by atoms with Crippen molar-refractivity contribution in [1.82, 2.24) is 0 Å². The Hall–Kier alpha value is -1.12. The number of aryl methyl sites for hydroxylation is 1. The summed E-state index contributed by atoms with van der Waals surface area (Å²) in [7, 11) is -3.75. The zero-order valence-corrected chi connectivity index (χ0v) is 13.1. The molecule has 0 saturated heterocycles. The van der Waals surface area contributed by atoms with Crippen LogP contribution in [-0.4, -0.2) is 13.5 Å². The van der Waals surface area contributed by atoms with E-state index < -0.39 is 31.7 Å². The second-order valence-corrected chi connectivity index (χ2v) is 8.05. The van der Waals surface area contributed by atoms with Gasteiger partial charge in [-0.05, 0) is 0 Å². The van der Waals surface area contributed by atoms with Gasteiger partial charge in [0.2, 0.25) is 0 Å². The molecule has 0 fully saturated rings. The van der Waals surface area contributed by atoms with Gasteiger partial charge >= 0.3 is 123 Å². The Balaban J connectivity index is 2.14. The molecule has 19 heavy (non-hydrogen) atoms. The molecule has 2 rings (SSSR count). The van der Waals surface area contributed by atoms with Gasteiger partial charge in [-0.3, -0.25) is 0 Å². The van der Waals surface area contributed by atoms with Crippen LogP contribution >= 0.6 is 0 Å². The van der Waals surface area contributed by atoms with E-state index in [4.69, 9.17) is 2.51 Å². The van der Waals surface area contributed by atoms with Crippen molar-refractivity contribution < 1.29 is 37.7 Å². The van der Waals surface area contributed by atoms with Crippen LogP contribution < -0.4 is 21.6 Å². The van der Waals surface area contributed by atoms with Gasteiger partial charge < -0.3 is 0 Å². The molecular weight excluding hydrogens is 379 g/mol. The SMILES string of the molecule is Cc1ccc(S(=O)(=O)O[I-]c2ccccc2O)cc1. The van der Waals surface area contributed by atoms with E-state index in [0.29, 0.717) is 3.57 Å². The third kappa shape index (κ3) is 3.68. The normalized spacial score (nSPS) is 11.6. The monoisotopic (exact) mass is 391 g/mol. The van der Waals surface area contributed by atoms with Crippen LogP contribution in [0.4, 0.5) is 0 Å². The molecule has 0 bridgehead atoms. The van der Waals surface area contributed by atoms with E-state index in [1.165, 1.54) is 18.2 Å². The molecule has 0 saturated carbocycles. The van der Waals surface area contributed by atoms with Crippen molar-refractivity contribution in [3.05, 3.63) is 57.7 Å². The molecule has 4 nitrogen and oxygen atoms in total. The Morgan fingerprint density at radius 3 is 2.32 bits per heavy atom. The first kappa shape index (κ1) is 14.3. The molecule has 1 N–H and O–H groups in total. The number of hydrogen-bond donors (Lipinski definition) is 1. The average molecular weight is 391 g/mol. The number of aromatic hydroxyl groups is 1. The standard InChI is InChI=1S/C13H12IO4S/c1-10-6-8-11(9-7-10)19(16,17)18-14-12-4-2-3-5-13(12)15/h2-9,15H,1H3/q-1. The van der Waals surface area contributed by atoms with Crippen molar-refractivity contribution >= 4 is 10.1 Å². The first-order valence-corrected chi connectivity index (χ1v) is 8.79. The van der Waals surface area contributed by atoms with Crippen LogP contribution in [0.2, 0.25) is 0 Å². The van der Waals surface area contributed by atoms with Crippen LogP contribution in [0.3, 0.4) is 0 Å². The molecule has 0 spiro atoms. The van der Waals surface area contributed by atoms with Crippen LogP contribution in [0.15, 0.2) is 53.4 Å². The fourth-order valence-electron chi connectivity index (χ4n) is 1.33. The minimum absolute atomic E-state index is 0.0643. The topological polar surface area (TPSA) is 63.6 Å². The molecular formula is C13H12IO4S-. The summed E-state index contributed by atoms with van der Waals surface area (Å²) >= 11 is -1.26. The number of para-hydroxylation sites is 1. The number of benzene rings is 2. The summed E-state index contributed by atoms with van der Waals surface area (Å²) in [6.07, 6.45) is 0. The van der Waals surface area contributed by atoms with Gasteiger partial charge in [0.15, 0.2) is 0 Å². The van der Waals surface area contributed by atoms with Crippen LogP contribution in [0.5, 0.6) is 5.75 Å². The van der Waals surface area contributed by atoms with Crippen LogP contribution in [0.1, 0.15) is 5.56 Å². The van der Waals surface area contributed by atoms with Gasteiger partial charge in [0.25, 0.3) is 0 Å². The maximum atomic E-state index is 12.0. The van der Waals surface area contributed by atoms with E-state index in [1.54, 1.807) is 30.3 Å². The third-order valence-electron chi connectivity index (χ3n) is 2.36. The van der Waals surface area contributed by atoms with Gasteiger partial charge in [-0.2, -0.15) is 0 Å². The zero-order valence-electron chi connectivity index (χ0n) is 10.1. The van der Waals surface area contributed by atoms with E-state index in [9.17, 15) is 13.5 Å². The van der Waals surface area contributed by atoms with E-state index >= 15 is 0 Å². The summed E-state index contributed by atoms with van der Waals surface area (Å²) in [5.41, 5.74) is 0.981. The molecule has 0 unspecified atom stereocenters. The van der Waals surface area contributed by atoms with E-state index in [1.807, 2.05) is 6.92 Å². The molecule has 6 heteroatoms. The van der Waals surface area contributed by atoms with Crippen LogP contribution in [0, 0.1) is 10.5 Å². The molecule has 0 aliphatic carbocycles. The fourth-order valence-corrected chi connectivity index (χ4v) is 4.70. The average Bonchev–Trinajstić information content (AvgIpc) is 2.38. The number of phenolic OH excluding ortho intramolecular Hbond substituents is 1. The zero-order chi connectivity index (χ0) is 13.9. The van der Waals surface area contributed by atoms with Gasteiger partial charge in [-0.25, -0.2) is 0 Å². The maximum absolute atomic E-state index is 12.0. The first-order chi connectivity index (χ1) is 8.99. The van der Waals surface area contributed by atoms with Crippen molar-refractivity contribution in [2.75, 3.05) is 0 Å². The van der Waals surface area contributed by atoms with Gasteiger partial charge in [0, 0.05) is 0 Å². The Labute approximate surface area is 123 Å². The van der Waals surface area contributed by atoms with Crippen LogP contribution in [0.25, 0.3) is 0 Å². The summed E-state index contributed by atoms with van der Waals surface area (Å²) < 4.78 is 29.5.